The van der Waals surface area contributed by atoms with Crippen LogP contribution in [0.25, 0.3) is 0 Å². The first-order valence-electron chi connectivity index (χ1n) is 3.08. The topological polar surface area (TPSA) is 58.2 Å². The average molecular weight is 176 g/mol. The molecule has 11 heavy (non-hydrogen) atoms. The molecule has 0 aromatic heterocycles. The summed E-state index contributed by atoms with van der Waals surface area (Å²) in [6.07, 6.45) is 2.93. The summed E-state index contributed by atoms with van der Waals surface area (Å²) < 4.78 is 26.1. The summed E-state index contributed by atoms with van der Waals surface area (Å²) in [7, 11) is -3.35. The first kappa shape index (κ1) is 10.3. The van der Waals surface area contributed by atoms with Crippen LogP contribution in [0.2, 0.25) is 0 Å². The Balaban J connectivity index is 3.80. The lowest BCUT2D eigenvalue weighted by Gasteiger charge is -2.02. The van der Waals surface area contributed by atoms with Gasteiger partial charge in [-0.05, 0) is 0 Å². The minimum Gasteiger partial charge on any atom is -0.199 e. The Kier molecular flexibility index (Phi) is 4.76. The molecule has 0 fully saturated rings. The smallest absolute Gasteiger partial charge is 0.199 e. The third-order valence-electron chi connectivity index (χ3n) is 0.835. The van der Waals surface area contributed by atoms with Gasteiger partial charge in [0.05, 0.1) is 0 Å². The van der Waals surface area contributed by atoms with Crippen molar-refractivity contribution in [3.8, 4) is 0 Å². The summed E-state index contributed by atoms with van der Waals surface area (Å²) >= 11 is 0. The van der Waals surface area contributed by atoms with E-state index in [0.29, 0.717) is 0 Å². The van der Waals surface area contributed by atoms with Gasteiger partial charge in [-0.2, -0.15) is 17.9 Å². The molecule has 4 nitrogen and oxygen atoms in total. The summed E-state index contributed by atoms with van der Waals surface area (Å²) in [4.78, 5) is 0. The van der Waals surface area contributed by atoms with Crippen molar-refractivity contribution >= 4 is 10.2 Å². The van der Waals surface area contributed by atoms with Crippen LogP contribution in [0.5, 0.6) is 0 Å². The highest BCUT2D eigenvalue weighted by Crippen LogP contribution is 1.75. The largest absolute Gasteiger partial charge is 0.277 e. The fourth-order valence-corrected chi connectivity index (χ4v) is 1.16. The molecular weight excluding hydrogens is 164 g/mol. The fraction of sp³-hybridized carbons (Fsp3) is 0.333. The van der Waals surface area contributed by atoms with Gasteiger partial charge in [-0.1, -0.05) is 12.2 Å². The summed E-state index contributed by atoms with van der Waals surface area (Å²) in [5.41, 5.74) is 0. The van der Waals surface area contributed by atoms with Crippen LogP contribution in [-0.4, -0.2) is 21.5 Å². The van der Waals surface area contributed by atoms with Crippen molar-refractivity contribution in [1.29, 1.82) is 0 Å². The predicted octanol–water partition coefficient (Wildman–Crippen LogP) is -0.218. The van der Waals surface area contributed by atoms with Gasteiger partial charge < -0.3 is 0 Å². The van der Waals surface area contributed by atoms with Crippen molar-refractivity contribution in [3.63, 3.8) is 0 Å². The van der Waals surface area contributed by atoms with Crippen molar-refractivity contribution in [1.82, 2.24) is 9.44 Å². The van der Waals surface area contributed by atoms with Gasteiger partial charge in [0, 0.05) is 13.1 Å². The summed E-state index contributed by atoms with van der Waals surface area (Å²) in [5.74, 6) is 0. The molecule has 0 saturated carbocycles. The Morgan fingerprint density at radius 2 is 1.45 bits per heavy atom. The van der Waals surface area contributed by atoms with Crippen LogP contribution in [0.15, 0.2) is 25.3 Å². The molecule has 0 aliphatic heterocycles. The third kappa shape index (κ3) is 5.78. The molecule has 0 bridgehead atoms. The van der Waals surface area contributed by atoms with Crippen LogP contribution in [0.1, 0.15) is 0 Å². The van der Waals surface area contributed by atoms with E-state index in [9.17, 15) is 8.42 Å². The van der Waals surface area contributed by atoms with Gasteiger partial charge in [0.25, 0.3) is 10.2 Å². The van der Waals surface area contributed by atoms with E-state index in [1.165, 1.54) is 12.2 Å². The van der Waals surface area contributed by atoms with Gasteiger partial charge in [-0.25, -0.2) is 0 Å². The fourth-order valence-electron chi connectivity index (χ4n) is 0.388. The molecule has 0 aromatic carbocycles. The average Bonchev–Trinajstić information content (AvgIpc) is 1.97. The van der Waals surface area contributed by atoms with Gasteiger partial charge in [0.1, 0.15) is 0 Å². The molecule has 0 radical (unpaired) electrons. The van der Waals surface area contributed by atoms with E-state index in [0.717, 1.165) is 0 Å². The molecule has 64 valence electrons. The van der Waals surface area contributed by atoms with E-state index >= 15 is 0 Å². The molecule has 0 saturated heterocycles. The lowest BCUT2D eigenvalue weighted by Crippen LogP contribution is -2.36. The predicted molar refractivity (Wildman–Crippen MR) is 45.3 cm³/mol. The molecule has 0 amide bonds. The van der Waals surface area contributed by atoms with E-state index in [-0.39, 0.29) is 13.1 Å². The van der Waals surface area contributed by atoms with Gasteiger partial charge >= 0.3 is 0 Å². The molecule has 0 atom stereocenters. The van der Waals surface area contributed by atoms with Gasteiger partial charge in [-0.15, -0.1) is 13.2 Å². The molecule has 0 aromatic rings. The second-order valence-electron chi connectivity index (χ2n) is 1.78. The van der Waals surface area contributed by atoms with E-state index in [1.54, 1.807) is 0 Å². The Labute approximate surface area is 67.2 Å². The van der Waals surface area contributed by atoms with Crippen molar-refractivity contribution < 1.29 is 8.42 Å². The third-order valence-corrected chi connectivity index (χ3v) is 1.93. The van der Waals surface area contributed by atoms with Crippen LogP contribution >= 0.6 is 0 Å². The molecule has 5 heteroatoms. The first-order chi connectivity index (χ1) is 5.12. The Morgan fingerprint density at radius 3 is 1.73 bits per heavy atom. The number of nitrogens with one attached hydrogen (secondary N) is 2. The number of hydrogen-bond acceptors (Lipinski definition) is 2. The summed E-state index contributed by atoms with van der Waals surface area (Å²) in [6, 6.07) is 0. The van der Waals surface area contributed by atoms with Gasteiger partial charge in [0.2, 0.25) is 0 Å². The molecule has 0 aliphatic rings. The van der Waals surface area contributed by atoms with Crippen LogP contribution < -0.4 is 9.44 Å². The van der Waals surface area contributed by atoms with Gasteiger partial charge in [-0.3, -0.25) is 0 Å². The second kappa shape index (κ2) is 5.06. The van der Waals surface area contributed by atoms with Crippen LogP contribution in [0.3, 0.4) is 0 Å². The highest BCUT2D eigenvalue weighted by atomic mass is 32.2. The standard InChI is InChI=1S/C6H12N2O2S/c1-3-5-7-11(9,10)8-6-4-2/h3-4,7-8H,1-2,5-6H2. The summed E-state index contributed by atoms with van der Waals surface area (Å²) in [5, 5.41) is 0. The monoisotopic (exact) mass is 176 g/mol. The molecule has 0 spiro atoms. The zero-order valence-corrected chi connectivity index (χ0v) is 7.02. The maximum atomic E-state index is 10.8. The zero-order valence-electron chi connectivity index (χ0n) is 6.21. The Hall–Kier alpha value is -0.650. The number of rotatable bonds is 6. The zero-order chi connectivity index (χ0) is 8.74. The minimum absolute atomic E-state index is 0.229. The second-order valence-corrected chi connectivity index (χ2v) is 3.36. The Morgan fingerprint density at radius 1 is 1.09 bits per heavy atom. The van der Waals surface area contributed by atoms with Crippen LogP contribution in [-0.2, 0) is 10.2 Å². The lowest BCUT2D eigenvalue weighted by atomic mass is 10.7. The van der Waals surface area contributed by atoms with E-state index < -0.39 is 10.2 Å². The van der Waals surface area contributed by atoms with Crippen molar-refractivity contribution in [3.05, 3.63) is 25.3 Å². The highest BCUT2D eigenvalue weighted by molar-refractivity contribution is 7.87. The molecular formula is C6H12N2O2S. The molecule has 0 aliphatic carbocycles. The maximum Gasteiger partial charge on any atom is 0.277 e. The molecule has 0 unspecified atom stereocenters. The SMILES string of the molecule is C=CCNS(=O)(=O)NCC=C. The lowest BCUT2D eigenvalue weighted by molar-refractivity contribution is 0.574. The first-order valence-corrected chi connectivity index (χ1v) is 4.56. The molecule has 2 N–H and O–H groups in total. The van der Waals surface area contributed by atoms with E-state index in [1.807, 2.05) is 0 Å². The van der Waals surface area contributed by atoms with Crippen LogP contribution in [0, 0.1) is 0 Å². The van der Waals surface area contributed by atoms with Crippen molar-refractivity contribution in [2.24, 2.45) is 0 Å². The molecule has 0 heterocycles. The highest BCUT2D eigenvalue weighted by Gasteiger charge is 2.03. The number of hydrogen-bond donors (Lipinski definition) is 2. The van der Waals surface area contributed by atoms with E-state index in [2.05, 4.69) is 22.6 Å². The molecule has 0 rings (SSSR count). The maximum absolute atomic E-state index is 10.8. The van der Waals surface area contributed by atoms with Crippen molar-refractivity contribution in [2.75, 3.05) is 13.1 Å². The van der Waals surface area contributed by atoms with Crippen LogP contribution in [0.4, 0.5) is 0 Å². The summed E-state index contributed by atoms with van der Waals surface area (Å²) in [6.45, 7) is 7.20. The van der Waals surface area contributed by atoms with Gasteiger partial charge in [0.15, 0.2) is 0 Å². The minimum atomic E-state index is -3.35. The van der Waals surface area contributed by atoms with Crippen molar-refractivity contribution in [2.45, 2.75) is 0 Å². The quantitative estimate of drug-likeness (QED) is 0.550. The normalized spacial score (nSPS) is 10.9. The Bertz CT molecular complexity index is 203. The van der Waals surface area contributed by atoms with E-state index in [4.69, 9.17) is 0 Å².